The number of fused-ring (bicyclic) bond motifs is 1. The standard InChI is InChI=1S/C24H19N3O4/c1-15-6-2-3-7-18(15)22(29)26-25-21(28)17-12-10-16(11-13-17)14-27-23(30)19-8-4-5-9-20(19)24(27)31/h2-13H,14H2,1H3,(H,25,28)(H,26,29). The zero-order chi connectivity index (χ0) is 22.0. The number of hydrogen-bond donors (Lipinski definition) is 2. The SMILES string of the molecule is Cc1ccccc1C(=O)NNC(=O)c1ccc(CN2C(=O)c3ccccc3C2=O)cc1. The molecule has 1 aliphatic rings. The summed E-state index contributed by atoms with van der Waals surface area (Å²) in [6.45, 7) is 1.92. The number of nitrogens with zero attached hydrogens (tertiary/aromatic N) is 1. The van der Waals surface area contributed by atoms with Crippen molar-refractivity contribution in [1.29, 1.82) is 0 Å². The van der Waals surface area contributed by atoms with Crippen LogP contribution in [-0.2, 0) is 6.54 Å². The van der Waals surface area contributed by atoms with E-state index in [1.807, 2.05) is 19.1 Å². The Bertz CT molecular complexity index is 1170. The van der Waals surface area contributed by atoms with Crippen LogP contribution in [0.4, 0.5) is 0 Å². The molecule has 4 rings (SSSR count). The number of benzene rings is 3. The average molecular weight is 413 g/mol. The van der Waals surface area contributed by atoms with Gasteiger partial charge in [-0.3, -0.25) is 34.9 Å². The molecular formula is C24H19N3O4. The zero-order valence-electron chi connectivity index (χ0n) is 16.7. The minimum atomic E-state index is -0.478. The van der Waals surface area contributed by atoms with Crippen LogP contribution in [0.25, 0.3) is 0 Å². The molecule has 0 fully saturated rings. The lowest BCUT2D eigenvalue weighted by Gasteiger charge is -2.14. The Morgan fingerprint density at radius 3 is 1.90 bits per heavy atom. The summed E-state index contributed by atoms with van der Waals surface area (Å²) in [5, 5.41) is 0. The Hall–Kier alpha value is -4.26. The summed E-state index contributed by atoms with van der Waals surface area (Å²) in [7, 11) is 0. The van der Waals surface area contributed by atoms with Crippen LogP contribution in [-0.4, -0.2) is 28.5 Å². The third-order valence-electron chi connectivity index (χ3n) is 5.11. The normalized spacial score (nSPS) is 12.5. The van der Waals surface area contributed by atoms with E-state index >= 15 is 0 Å². The van der Waals surface area contributed by atoms with Gasteiger partial charge in [0.25, 0.3) is 23.6 Å². The fraction of sp³-hybridized carbons (Fsp3) is 0.0833. The Labute approximate surface area is 178 Å². The number of nitrogens with one attached hydrogen (secondary N) is 2. The Kier molecular flexibility index (Phi) is 5.32. The third kappa shape index (κ3) is 3.93. The first-order valence-corrected chi connectivity index (χ1v) is 9.66. The van der Waals surface area contributed by atoms with Gasteiger partial charge < -0.3 is 0 Å². The smallest absolute Gasteiger partial charge is 0.269 e. The number of carbonyl (C=O) groups is 4. The molecule has 7 heteroatoms. The molecule has 0 bridgehead atoms. The minimum Gasteiger partial charge on any atom is -0.270 e. The van der Waals surface area contributed by atoms with Crippen molar-refractivity contribution in [3.8, 4) is 0 Å². The molecule has 4 amide bonds. The number of aryl methyl sites for hydroxylation is 1. The lowest BCUT2D eigenvalue weighted by molar-refractivity contribution is 0.0641. The first-order chi connectivity index (χ1) is 15.0. The lowest BCUT2D eigenvalue weighted by Crippen LogP contribution is -2.41. The van der Waals surface area contributed by atoms with Gasteiger partial charge in [0.05, 0.1) is 17.7 Å². The molecule has 0 atom stereocenters. The largest absolute Gasteiger partial charge is 0.270 e. The first-order valence-electron chi connectivity index (χ1n) is 9.66. The van der Waals surface area contributed by atoms with E-state index < -0.39 is 11.8 Å². The van der Waals surface area contributed by atoms with Crippen molar-refractivity contribution in [2.75, 3.05) is 0 Å². The van der Waals surface area contributed by atoms with Crippen LogP contribution in [0.15, 0.2) is 72.8 Å². The van der Waals surface area contributed by atoms with E-state index in [0.29, 0.717) is 27.8 Å². The van der Waals surface area contributed by atoms with Crippen LogP contribution in [0.3, 0.4) is 0 Å². The molecule has 1 heterocycles. The van der Waals surface area contributed by atoms with Crippen LogP contribution >= 0.6 is 0 Å². The van der Waals surface area contributed by atoms with E-state index in [0.717, 1.165) is 5.56 Å². The van der Waals surface area contributed by atoms with Gasteiger partial charge in [-0.15, -0.1) is 0 Å². The van der Waals surface area contributed by atoms with Crippen molar-refractivity contribution < 1.29 is 19.2 Å². The van der Waals surface area contributed by atoms with Crippen LogP contribution in [0, 0.1) is 6.92 Å². The van der Waals surface area contributed by atoms with Gasteiger partial charge in [-0.05, 0) is 48.4 Å². The van der Waals surface area contributed by atoms with Gasteiger partial charge in [0, 0.05) is 11.1 Å². The first kappa shape index (κ1) is 20.0. The number of amides is 4. The zero-order valence-corrected chi connectivity index (χ0v) is 16.7. The molecule has 0 radical (unpaired) electrons. The number of hydrogen-bond acceptors (Lipinski definition) is 4. The van der Waals surface area contributed by atoms with Crippen molar-refractivity contribution in [1.82, 2.24) is 15.8 Å². The molecule has 0 aliphatic carbocycles. The summed E-state index contributed by atoms with van der Waals surface area (Å²) in [6, 6.07) is 20.2. The predicted molar refractivity (Wildman–Crippen MR) is 113 cm³/mol. The van der Waals surface area contributed by atoms with Crippen molar-refractivity contribution in [2.24, 2.45) is 0 Å². The maximum absolute atomic E-state index is 12.5. The van der Waals surface area contributed by atoms with Gasteiger partial charge in [-0.2, -0.15) is 0 Å². The Morgan fingerprint density at radius 1 is 0.742 bits per heavy atom. The van der Waals surface area contributed by atoms with E-state index in [1.54, 1.807) is 60.7 Å². The molecule has 0 saturated carbocycles. The van der Waals surface area contributed by atoms with Crippen molar-refractivity contribution in [3.05, 3.63) is 106 Å². The molecule has 3 aromatic rings. The molecular weight excluding hydrogens is 394 g/mol. The van der Waals surface area contributed by atoms with Gasteiger partial charge in [0.2, 0.25) is 0 Å². The van der Waals surface area contributed by atoms with E-state index in [4.69, 9.17) is 0 Å². The molecule has 31 heavy (non-hydrogen) atoms. The summed E-state index contributed by atoms with van der Waals surface area (Å²) >= 11 is 0. The maximum atomic E-state index is 12.5. The molecule has 7 nitrogen and oxygen atoms in total. The summed E-state index contributed by atoms with van der Waals surface area (Å²) in [6.07, 6.45) is 0. The molecule has 2 N–H and O–H groups in total. The van der Waals surface area contributed by atoms with Gasteiger partial charge >= 0.3 is 0 Å². The highest BCUT2D eigenvalue weighted by molar-refractivity contribution is 6.21. The van der Waals surface area contributed by atoms with Crippen LogP contribution in [0.5, 0.6) is 0 Å². The quantitative estimate of drug-likeness (QED) is 0.508. The second-order valence-corrected chi connectivity index (χ2v) is 7.16. The van der Waals surface area contributed by atoms with E-state index in [-0.39, 0.29) is 18.4 Å². The van der Waals surface area contributed by atoms with Crippen LogP contribution < -0.4 is 10.9 Å². The maximum Gasteiger partial charge on any atom is 0.269 e. The minimum absolute atomic E-state index is 0.109. The fourth-order valence-electron chi connectivity index (χ4n) is 3.41. The number of carbonyl (C=O) groups excluding carboxylic acids is 4. The molecule has 0 unspecified atom stereocenters. The Balaban J connectivity index is 1.38. The van der Waals surface area contributed by atoms with Gasteiger partial charge in [0.1, 0.15) is 0 Å². The molecule has 3 aromatic carbocycles. The highest BCUT2D eigenvalue weighted by Crippen LogP contribution is 2.24. The number of rotatable bonds is 4. The number of hydrazine groups is 1. The van der Waals surface area contributed by atoms with Crippen LogP contribution in [0.1, 0.15) is 52.6 Å². The highest BCUT2D eigenvalue weighted by Gasteiger charge is 2.34. The van der Waals surface area contributed by atoms with E-state index in [1.165, 1.54) is 4.90 Å². The van der Waals surface area contributed by atoms with E-state index in [2.05, 4.69) is 10.9 Å². The van der Waals surface area contributed by atoms with Gasteiger partial charge in [-0.1, -0.05) is 42.5 Å². The second kappa shape index (κ2) is 8.23. The lowest BCUT2D eigenvalue weighted by atomic mass is 10.1. The summed E-state index contributed by atoms with van der Waals surface area (Å²) in [5.74, 6) is -1.55. The highest BCUT2D eigenvalue weighted by atomic mass is 16.2. The molecule has 0 aromatic heterocycles. The van der Waals surface area contributed by atoms with Gasteiger partial charge in [-0.25, -0.2) is 0 Å². The van der Waals surface area contributed by atoms with Crippen LogP contribution in [0.2, 0.25) is 0 Å². The summed E-state index contributed by atoms with van der Waals surface area (Å²) < 4.78 is 0. The molecule has 0 saturated heterocycles. The third-order valence-corrected chi connectivity index (χ3v) is 5.11. The Morgan fingerprint density at radius 2 is 1.29 bits per heavy atom. The van der Waals surface area contributed by atoms with Gasteiger partial charge in [0.15, 0.2) is 0 Å². The number of imide groups is 1. The molecule has 1 aliphatic heterocycles. The monoisotopic (exact) mass is 413 g/mol. The predicted octanol–water partition coefficient (Wildman–Crippen LogP) is 2.87. The van der Waals surface area contributed by atoms with Crippen molar-refractivity contribution in [2.45, 2.75) is 13.5 Å². The molecule has 154 valence electrons. The van der Waals surface area contributed by atoms with Crippen molar-refractivity contribution >= 4 is 23.6 Å². The molecule has 0 spiro atoms. The fourth-order valence-corrected chi connectivity index (χ4v) is 3.41. The topological polar surface area (TPSA) is 95.6 Å². The van der Waals surface area contributed by atoms with Crippen molar-refractivity contribution in [3.63, 3.8) is 0 Å². The van der Waals surface area contributed by atoms with E-state index in [9.17, 15) is 19.2 Å². The summed E-state index contributed by atoms with van der Waals surface area (Å²) in [5.41, 5.74) is 7.88. The summed E-state index contributed by atoms with van der Waals surface area (Å²) in [4.78, 5) is 50.7. The average Bonchev–Trinajstić information content (AvgIpc) is 3.03. The second-order valence-electron chi connectivity index (χ2n) is 7.16.